The van der Waals surface area contributed by atoms with Crippen LogP contribution in [0.3, 0.4) is 0 Å². The predicted molar refractivity (Wildman–Crippen MR) is 75.7 cm³/mol. The van der Waals surface area contributed by atoms with E-state index in [1.165, 1.54) is 0 Å². The summed E-state index contributed by atoms with van der Waals surface area (Å²) in [6.45, 7) is 0.158. The van der Waals surface area contributed by atoms with Crippen LogP contribution in [0.15, 0.2) is 60.7 Å². The fourth-order valence-corrected chi connectivity index (χ4v) is 1.67. The van der Waals surface area contributed by atoms with Crippen molar-refractivity contribution in [1.82, 2.24) is 0 Å². The van der Waals surface area contributed by atoms with Crippen molar-refractivity contribution in [3.05, 3.63) is 71.8 Å². The third kappa shape index (κ3) is 3.89. The second kappa shape index (κ2) is 7.01. The minimum atomic E-state index is -0.777. The fourth-order valence-electron chi connectivity index (χ4n) is 1.67. The van der Waals surface area contributed by atoms with E-state index in [1.807, 2.05) is 48.5 Å². The molecule has 0 aliphatic heterocycles. The maximum Gasteiger partial charge on any atom is 0.510 e. The molecule has 0 fully saturated rings. The monoisotopic (exact) mass is 266 g/mol. The van der Waals surface area contributed by atoms with Gasteiger partial charge in [-0.1, -0.05) is 66.6 Å². The first-order valence-corrected chi connectivity index (χ1v) is 6.18. The Morgan fingerprint density at radius 1 is 1.05 bits per heavy atom. The van der Waals surface area contributed by atoms with E-state index in [0.717, 1.165) is 11.1 Å². The molecule has 3 nitrogen and oxygen atoms in total. The van der Waals surface area contributed by atoms with Crippen molar-refractivity contribution in [2.75, 3.05) is 0 Å². The summed E-state index contributed by atoms with van der Waals surface area (Å²) >= 11 is 0. The minimum absolute atomic E-state index is 0.158. The summed E-state index contributed by atoms with van der Waals surface area (Å²) in [5.41, 5.74) is 1.63. The number of ether oxygens (including phenoxy) is 2. The SMILES string of the molecule is C#CC(OC(=O)OCc1ccccc1)c1ccccc1. The van der Waals surface area contributed by atoms with E-state index < -0.39 is 12.3 Å². The molecule has 1 atom stereocenters. The zero-order valence-corrected chi connectivity index (χ0v) is 10.9. The summed E-state index contributed by atoms with van der Waals surface area (Å²) in [4.78, 5) is 11.6. The molecule has 2 aromatic carbocycles. The van der Waals surface area contributed by atoms with Crippen LogP contribution in [0.25, 0.3) is 0 Å². The van der Waals surface area contributed by atoms with E-state index in [-0.39, 0.29) is 6.61 Å². The van der Waals surface area contributed by atoms with Crippen molar-refractivity contribution in [3.8, 4) is 12.3 Å². The third-order valence-corrected chi connectivity index (χ3v) is 2.67. The van der Waals surface area contributed by atoms with E-state index in [4.69, 9.17) is 15.9 Å². The average molecular weight is 266 g/mol. The molecule has 0 aliphatic rings. The molecule has 0 radical (unpaired) electrons. The lowest BCUT2D eigenvalue weighted by molar-refractivity contribution is 0.0343. The van der Waals surface area contributed by atoms with Gasteiger partial charge < -0.3 is 9.47 Å². The van der Waals surface area contributed by atoms with Crippen molar-refractivity contribution in [2.24, 2.45) is 0 Å². The maximum atomic E-state index is 11.6. The Hall–Kier alpha value is -2.73. The van der Waals surface area contributed by atoms with Crippen LogP contribution in [0.5, 0.6) is 0 Å². The first kappa shape index (κ1) is 13.7. The van der Waals surface area contributed by atoms with Gasteiger partial charge in [0.2, 0.25) is 0 Å². The molecule has 2 rings (SSSR count). The Labute approximate surface area is 118 Å². The van der Waals surface area contributed by atoms with Gasteiger partial charge in [-0.3, -0.25) is 0 Å². The summed E-state index contributed by atoms with van der Waals surface area (Å²) in [6.07, 6.45) is 3.86. The molecule has 0 N–H and O–H groups in total. The molecule has 3 heteroatoms. The van der Waals surface area contributed by atoms with Crippen molar-refractivity contribution < 1.29 is 14.3 Å². The molecule has 0 saturated carbocycles. The Kier molecular flexibility index (Phi) is 4.80. The lowest BCUT2D eigenvalue weighted by atomic mass is 10.1. The van der Waals surface area contributed by atoms with E-state index in [9.17, 15) is 4.79 Å². The standard InChI is InChI=1S/C17H14O3/c1-2-16(15-11-7-4-8-12-15)20-17(18)19-13-14-9-5-3-6-10-14/h1,3-12,16H,13H2. The summed E-state index contributed by atoms with van der Waals surface area (Å²) in [5.74, 6) is 2.42. The Morgan fingerprint density at radius 2 is 1.65 bits per heavy atom. The molecule has 100 valence electrons. The molecule has 2 aromatic rings. The molecule has 0 aliphatic carbocycles. The van der Waals surface area contributed by atoms with Gasteiger partial charge in [-0.05, 0) is 5.56 Å². The zero-order chi connectivity index (χ0) is 14.2. The van der Waals surface area contributed by atoms with Gasteiger partial charge in [-0.2, -0.15) is 0 Å². The van der Waals surface area contributed by atoms with E-state index in [2.05, 4.69) is 5.92 Å². The highest BCUT2D eigenvalue weighted by molar-refractivity contribution is 5.61. The quantitative estimate of drug-likeness (QED) is 0.625. The molecular weight excluding hydrogens is 252 g/mol. The highest BCUT2D eigenvalue weighted by Gasteiger charge is 2.14. The molecule has 0 aromatic heterocycles. The molecule has 0 saturated heterocycles. The van der Waals surface area contributed by atoms with E-state index >= 15 is 0 Å². The van der Waals surface area contributed by atoms with Gasteiger partial charge in [0.05, 0.1) is 0 Å². The van der Waals surface area contributed by atoms with Gasteiger partial charge in [0.15, 0.2) is 6.10 Å². The number of hydrogen-bond donors (Lipinski definition) is 0. The van der Waals surface area contributed by atoms with Crippen molar-refractivity contribution >= 4 is 6.16 Å². The van der Waals surface area contributed by atoms with Gasteiger partial charge in [0.25, 0.3) is 0 Å². The van der Waals surface area contributed by atoms with Crippen molar-refractivity contribution in [1.29, 1.82) is 0 Å². The number of carbonyl (C=O) groups excluding carboxylic acids is 1. The highest BCUT2D eigenvalue weighted by atomic mass is 16.7. The Bertz CT molecular complexity index is 585. The second-order valence-corrected chi connectivity index (χ2v) is 4.10. The average Bonchev–Trinajstić information content (AvgIpc) is 2.52. The van der Waals surface area contributed by atoms with Crippen LogP contribution < -0.4 is 0 Å². The first-order chi connectivity index (χ1) is 9.79. The fraction of sp³-hybridized carbons (Fsp3) is 0.118. The van der Waals surface area contributed by atoms with Crippen LogP contribution in [0.2, 0.25) is 0 Å². The van der Waals surface area contributed by atoms with Crippen LogP contribution in [0.4, 0.5) is 4.79 Å². The number of rotatable bonds is 4. The van der Waals surface area contributed by atoms with Gasteiger partial charge >= 0.3 is 6.16 Å². The normalized spacial score (nSPS) is 11.2. The van der Waals surface area contributed by atoms with Crippen LogP contribution in [-0.4, -0.2) is 6.16 Å². The van der Waals surface area contributed by atoms with Crippen LogP contribution >= 0.6 is 0 Å². The summed E-state index contributed by atoms with van der Waals surface area (Å²) < 4.78 is 10.1. The molecule has 0 bridgehead atoms. The lowest BCUT2D eigenvalue weighted by Gasteiger charge is -2.12. The summed E-state index contributed by atoms with van der Waals surface area (Å²) in [7, 11) is 0. The molecule has 1 unspecified atom stereocenters. The maximum absolute atomic E-state index is 11.6. The van der Waals surface area contributed by atoms with E-state index in [0.29, 0.717) is 0 Å². The number of terminal acetylenes is 1. The largest absolute Gasteiger partial charge is 0.510 e. The lowest BCUT2D eigenvalue weighted by Crippen LogP contribution is -2.11. The van der Waals surface area contributed by atoms with Gasteiger partial charge in [0.1, 0.15) is 6.61 Å². The molecule has 0 amide bonds. The molecule has 0 heterocycles. The second-order valence-electron chi connectivity index (χ2n) is 4.10. The van der Waals surface area contributed by atoms with Gasteiger partial charge in [-0.25, -0.2) is 4.79 Å². The number of hydrogen-bond acceptors (Lipinski definition) is 3. The summed E-state index contributed by atoms with van der Waals surface area (Å²) in [5, 5.41) is 0. The van der Waals surface area contributed by atoms with Gasteiger partial charge in [-0.15, -0.1) is 6.42 Å². The highest BCUT2D eigenvalue weighted by Crippen LogP contribution is 2.17. The summed E-state index contributed by atoms with van der Waals surface area (Å²) in [6, 6.07) is 18.5. The molecule has 20 heavy (non-hydrogen) atoms. The topological polar surface area (TPSA) is 35.5 Å². The van der Waals surface area contributed by atoms with Crippen LogP contribution in [-0.2, 0) is 16.1 Å². The Balaban J connectivity index is 1.89. The minimum Gasteiger partial charge on any atom is -0.429 e. The van der Waals surface area contributed by atoms with Crippen LogP contribution in [0.1, 0.15) is 17.2 Å². The third-order valence-electron chi connectivity index (χ3n) is 2.67. The van der Waals surface area contributed by atoms with Crippen molar-refractivity contribution in [3.63, 3.8) is 0 Å². The van der Waals surface area contributed by atoms with Crippen LogP contribution in [0, 0.1) is 12.3 Å². The molecule has 0 spiro atoms. The van der Waals surface area contributed by atoms with Gasteiger partial charge in [0, 0.05) is 5.56 Å². The zero-order valence-electron chi connectivity index (χ0n) is 10.9. The Morgan fingerprint density at radius 3 is 2.25 bits per heavy atom. The number of benzene rings is 2. The first-order valence-electron chi connectivity index (χ1n) is 6.18. The van der Waals surface area contributed by atoms with Crippen molar-refractivity contribution in [2.45, 2.75) is 12.7 Å². The van der Waals surface area contributed by atoms with E-state index in [1.54, 1.807) is 12.1 Å². The smallest absolute Gasteiger partial charge is 0.429 e. The number of carbonyl (C=O) groups is 1. The molecular formula is C17H14O3. The predicted octanol–water partition coefficient (Wildman–Crippen LogP) is 3.71.